The van der Waals surface area contributed by atoms with Gasteiger partial charge in [-0.2, -0.15) is 5.10 Å². The molecule has 144 valence electrons. The fraction of sp³-hybridized carbons (Fsp3) is 0.263. The molecule has 0 saturated carbocycles. The molecule has 0 aliphatic rings. The highest BCUT2D eigenvalue weighted by molar-refractivity contribution is 7.99. The number of thioether (sulfide) groups is 1. The molecular formula is C19H21ClN2O4S. The van der Waals surface area contributed by atoms with Gasteiger partial charge in [0.1, 0.15) is 0 Å². The molecule has 0 spiro atoms. The molecule has 0 fully saturated rings. The summed E-state index contributed by atoms with van der Waals surface area (Å²) in [6, 6.07) is 8.68. The van der Waals surface area contributed by atoms with Gasteiger partial charge in [-0.1, -0.05) is 18.5 Å². The van der Waals surface area contributed by atoms with Gasteiger partial charge in [-0.3, -0.25) is 4.79 Å². The van der Waals surface area contributed by atoms with Gasteiger partial charge in [0.05, 0.1) is 26.9 Å². The summed E-state index contributed by atoms with van der Waals surface area (Å²) < 4.78 is 10.2. The Kier molecular flexibility index (Phi) is 7.82. The number of phenolic OH excluding ortho intramolecular Hbond substituents is 1. The highest BCUT2D eigenvalue weighted by Gasteiger charge is 2.11. The average Bonchev–Trinajstić information content (AvgIpc) is 2.65. The maximum absolute atomic E-state index is 12.2. The van der Waals surface area contributed by atoms with Crippen molar-refractivity contribution in [3.05, 3.63) is 46.5 Å². The summed E-state index contributed by atoms with van der Waals surface area (Å²) in [5, 5.41) is 14.5. The van der Waals surface area contributed by atoms with Crippen molar-refractivity contribution in [3.8, 4) is 17.2 Å². The molecule has 2 N–H and O–H groups in total. The largest absolute Gasteiger partial charge is 0.502 e. The summed E-state index contributed by atoms with van der Waals surface area (Å²) >= 11 is 7.69. The summed E-state index contributed by atoms with van der Waals surface area (Å²) in [7, 11) is 2.88. The fourth-order valence-corrected chi connectivity index (χ4v) is 3.35. The Balaban J connectivity index is 2.07. The van der Waals surface area contributed by atoms with E-state index in [1.54, 1.807) is 30.0 Å². The number of amides is 1. The molecule has 27 heavy (non-hydrogen) atoms. The summed E-state index contributed by atoms with van der Waals surface area (Å²) in [5.74, 6) is 1.05. The Morgan fingerprint density at radius 1 is 1.26 bits per heavy atom. The van der Waals surface area contributed by atoms with Crippen molar-refractivity contribution >= 4 is 35.5 Å². The van der Waals surface area contributed by atoms with E-state index in [1.165, 1.54) is 20.4 Å². The lowest BCUT2D eigenvalue weighted by molar-refractivity contribution is -0.120. The number of phenols is 1. The summed E-state index contributed by atoms with van der Waals surface area (Å²) in [6.45, 7) is 2.05. The Labute approximate surface area is 167 Å². The molecule has 0 radical (unpaired) electrons. The highest BCUT2D eigenvalue weighted by Crippen LogP contribution is 2.36. The van der Waals surface area contributed by atoms with Gasteiger partial charge in [-0.25, -0.2) is 5.43 Å². The number of rotatable bonds is 8. The third-order valence-electron chi connectivity index (χ3n) is 3.58. The van der Waals surface area contributed by atoms with Crippen LogP contribution in [0, 0.1) is 0 Å². The number of nitrogens with one attached hydrogen (secondary N) is 1. The van der Waals surface area contributed by atoms with Crippen LogP contribution in [0.4, 0.5) is 0 Å². The molecule has 2 aromatic rings. The summed E-state index contributed by atoms with van der Waals surface area (Å²) in [4.78, 5) is 13.2. The number of methoxy groups -OCH3 is 2. The van der Waals surface area contributed by atoms with E-state index in [9.17, 15) is 9.90 Å². The predicted molar refractivity (Wildman–Crippen MR) is 109 cm³/mol. The van der Waals surface area contributed by atoms with Gasteiger partial charge in [0.15, 0.2) is 11.5 Å². The van der Waals surface area contributed by atoms with Crippen LogP contribution in [0.15, 0.2) is 40.3 Å². The second-order valence-electron chi connectivity index (χ2n) is 5.43. The first-order valence-electron chi connectivity index (χ1n) is 8.16. The monoisotopic (exact) mass is 408 g/mol. The molecule has 0 heterocycles. The van der Waals surface area contributed by atoms with Crippen LogP contribution in [0.5, 0.6) is 17.2 Å². The lowest BCUT2D eigenvalue weighted by Gasteiger charge is -2.09. The minimum absolute atomic E-state index is 0.0944. The van der Waals surface area contributed by atoms with Crippen LogP contribution in [0.1, 0.15) is 18.1 Å². The smallest absolute Gasteiger partial charge is 0.244 e. The van der Waals surface area contributed by atoms with Crippen molar-refractivity contribution in [2.24, 2.45) is 5.10 Å². The number of halogens is 1. The molecule has 0 atom stereocenters. The molecule has 2 rings (SSSR count). The third-order valence-corrected chi connectivity index (χ3v) is 4.81. The fourth-order valence-electron chi connectivity index (χ4n) is 2.36. The van der Waals surface area contributed by atoms with Crippen LogP contribution in [-0.2, 0) is 11.2 Å². The first-order valence-corrected chi connectivity index (χ1v) is 9.53. The Morgan fingerprint density at radius 2 is 1.93 bits per heavy atom. The molecule has 8 heteroatoms. The zero-order valence-corrected chi connectivity index (χ0v) is 16.9. The predicted octanol–water partition coefficient (Wildman–Crippen LogP) is 3.87. The van der Waals surface area contributed by atoms with E-state index < -0.39 is 0 Å². The number of nitrogens with zero attached hydrogens (tertiary/aromatic N) is 1. The molecule has 0 aliphatic heterocycles. The maximum atomic E-state index is 12.2. The van der Waals surface area contributed by atoms with Crippen molar-refractivity contribution in [1.29, 1.82) is 0 Å². The topological polar surface area (TPSA) is 80.2 Å². The highest BCUT2D eigenvalue weighted by atomic mass is 35.5. The van der Waals surface area contributed by atoms with E-state index in [0.29, 0.717) is 10.6 Å². The molecule has 6 nitrogen and oxygen atoms in total. The number of carbonyl (C=O) groups excluding carboxylic acids is 1. The minimum atomic E-state index is -0.260. The molecule has 1 amide bonds. The van der Waals surface area contributed by atoms with Gasteiger partial charge in [0.2, 0.25) is 11.7 Å². The number of hydrogen-bond donors (Lipinski definition) is 2. The van der Waals surface area contributed by atoms with Crippen molar-refractivity contribution in [3.63, 3.8) is 0 Å². The normalized spacial score (nSPS) is 10.8. The van der Waals surface area contributed by atoms with Crippen LogP contribution in [0.3, 0.4) is 0 Å². The van der Waals surface area contributed by atoms with E-state index in [4.69, 9.17) is 21.1 Å². The van der Waals surface area contributed by atoms with Gasteiger partial charge in [0, 0.05) is 15.5 Å². The van der Waals surface area contributed by atoms with Crippen LogP contribution in [0.2, 0.25) is 5.02 Å². The summed E-state index contributed by atoms with van der Waals surface area (Å²) in [6.07, 6.45) is 1.62. The minimum Gasteiger partial charge on any atom is -0.502 e. The van der Waals surface area contributed by atoms with Gasteiger partial charge in [-0.05, 0) is 41.6 Å². The standard InChI is InChI=1S/C19H21ClN2O4S/c1-4-27-17-6-5-14(20)9-13(17)10-18(23)22-21-11-12-7-15(25-2)19(24)16(8-12)26-3/h5-9,11,24H,4,10H2,1-3H3,(H,22,23)/b21-11-. The van der Waals surface area contributed by atoms with Gasteiger partial charge < -0.3 is 14.6 Å². The zero-order valence-electron chi connectivity index (χ0n) is 15.3. The van der Waals surface area contributed by atoms with E-state index in [0.717, 1.165) is 16.2 Å². The Morgan fingerprint density at radius 3 is 2.52 bits per heavy atom. The maximum Gasteiger partial charge on any atom is 0.244 e. The quantitative estimate of drug-likeness (QED) is 0.393. The van der Waals surface area contributed by atoms with Gasteiger partial charge >= 0.3 is 0 Å². The van der Waals surface area contributed by atoms with Crippen LogP contribution in [-0.4, -0.2) is 37.2 Å². The number of hydrazone groups is 1. The van der Waals surface area contributed by atoms with Gasteiger partial charge in [0.25, 0.3) is 0 Å². The molecule has 0 unspecified atom stereocenters. The van der Waals surface area contributed by atoms with Gasteiger partial charge in [-0.15, -0.1) is 11.8 Å². The van der Waals surface area contributed by atoms with Crippen LogP contribution in [0.25, 0.3) is 0 Å². The first kappa shape index (κ1) is 20.9. The SMILES string of the molecule is CCSc1ccc(Cl)cc1CC(=O)N/N=C\c1cc(OC)c(O)c(OC)c1. The first-order chi connectivity index (χ1) is 13.0. The second kappa shape index (κ2) is 10.1. The van der Waals surface area contributed by atoms with Crippen molar-refractivity contribution in [2.45, 2.75) is 18.2 Å². The molecule has 0 saturated heterocycles. The lowest BCUT2D eigenvalue weighted by atomic mass is 10.1. The number of ether oxygens (including phenoxy) is 2. The lowest BCUT2D eigenvalue weighted by Crippen LogP contribution is -2.20. The second-order valence-corrected chi connectivity index (χ2v) is 7.17. The van der Waals surface area contributed by atoms with E-state index in [-0.39, 0.29) is 29.6 Å². The molecule has 0 bridgehead atoms. The number of aromatic hydroxyl groups is 1. The van der Waals surface area contributed by atoms with E-state index in [1.807, 2.05) is 19.1 Å². The van der Waals surface area contributed by atoms with Crippen molar-refractivity contribution in [2.75, 3.05) is 20.0 Å². The zero-order chi connectivity index (χ0) is 19.8. The third kappa shape index (κ3) is 5.80. The Bertz CT molecular complexity index is 817. The molecule has 0 aliphatic carbocycles. The number of hydrogen-bond acceptors (Lipinski definition) is 6. The molecule has 0 aromatic heterocycles. The average molecular weight is 409 g/mol. The molecular weight excluding hydrogens is 388 g/mol. The van der Waals surface area contributed by atoms with Crippen molar-refractivity contribution < 1.29 is 19.4 Å². The van der Waals surface area contributed by atoms with E-state index in [2.05, 4.69) is 10.5 Å². The summed E-state index contributed by atoms with van der Waals surface area (Å²) in [5.41, 5.74) is 3.95. The number of benzene rings is 2. The molecule has 2 aromatic carbocycles. The number of carbonyl (C=O) groups is 1. The van der Waals surface area contributed by atoms with Crippen molar-refractivity contribution in [1.82, 2.24) is 5.43 Å². The van der Waals surface area contributed by atoms with Crippen LogP contribution >= 0.6 is 23.4 Å². The van der Waals surface area contributed by atoms with E-state index >= 15 is 0 Å². The van der Waals surface area contributed by atoms with Crippen LogP contribution < -0.4 is 14.9 Å². The Hall–Kier alpha value is -2.38.